The number of benzene rings is 1. The van der Waals surface area contributed by atoms with Crippen LogP contribution in [0.15, 0.2) is 10.5 Å². The van der Waals surface area contributed by atoms with Crippen molar-refractivity contribution >= 4 is 22.2 Å². The minimum Gasteiger partial charge on any atom is -0.453 e. The Hall–Kier alpha value is -1.10. The highest BCUT2D eigenvalue weighted by atomic mass is 79.9. The molecule has 0 spiro atoms. The Kier molecular flexibility index (Phi) is 2.90. The number of fused-ring (bicyclic) bond motifs is 1. The molecule has 0 amide bonds. The van der Waals surface area contributed by atoms with Crippen molar-refractivity contribution in [3.8, 4) is 11.5 Å². The molecule has 15 heavy (non-hydrogen) atoms. The van der Waals surface area contributed by atoms with Crippen LogP contribution in [0.5, 0.6) is 11.5 Å². The van der Waals surface area contributed by atoms with Crippen molar-refractivity contribution in [2.75, 3.05) is 6.79 Å². The number of hydrogen-bond donors (Lipinski definition) is 0. The molecular weight excluding hydrogens is 267 g/mol. The molecule has 5 heteroatoms. The van der Waals surface area contributed by atoms with Gasteiger partial charge in [0.15, 0.2) is 11.6 Å². The first-order valence-corrected chi connectivity index (χ1v) is 5.23. The predicted molar refractivity (Wildman–Crippen MR) is 54.6 cm³/mol. The van der Waals surface area contributed by atoms with E-state index in [0.29, 0.717) is 22.2 Å². The molecule has 3 nitrogen and oxygen atoms in total. The third kappa shape index (κ3) is 1.84. The van der Waals surface area contributed by atoms with E-state index in [9.17, 15) is 9.18 Å². The van der Waals surface area contributed by atoms with Crippen LogP contribution in [0.3, 0.4) is 0 Å². The van der Waals surface area contributed by atoms with E-state index in [2.05, 4.69) is 15.9 Å². The summed E-state index contributed by atoms with van der Waals surface area (Å²) in [6.07, 6.45) is 1.40. The monoisotopic (exact) mass is 274 g/mol. The summed E-state index contributed by atoms with van der Waals surface area (Å²) in [4.78, 5) is 10.2. The molecule has 1 aromatic rings. The average molecular weight is 275 g/mol. The number of ether oxygens (including phenoxy) is 2. The number of carbonyl (C=O) groups is 1. The first kappa shape index (κ1) is 10.4. The molecule has 0 radical (unpaired) electrons. The van der Waals surface area contributed by atoms with Gasteiger partial charge in [-0.1, -0.05) is 15.9 Å². The van der Waals surface area contributed by atoms with Crippen molar-refractivity contribution in [3.63, 3.8) is 0 Å². The summed E-state index contributed by atoms with van der Waals surface area (Å²) in [5.74, 6) is 0.0899. The van der Waals surface area contributed by atoms with E-state index in [1.165, 1.54) is 0 Å². The zero-order chi connectivity index (χ0) is 10.8. The van der Waals surface area contributed by atoms with Crippen LogP contribution in [0.1, 0.15) is 12.0 Å². The largest absolute Gasteiger partial charge is 0.453 e. The summed E-state index contributed by atoms with van der Waals surface area (Å²) in [5.41, 5.74) is 0.450. The lowest BCUT2D eigenvalue weighted by Gasteiger charge is -2.06. The van der Waals surface area contributed by atoms with E-state index in [0.717, 1.165) is 6.29 Å². The quantitative estimate of drug-likeness (QED) is 0.795. The Balaban J connectivity index is 2.41. The Morgan fingerprint density at radius 3 is 3.07 bits per heavy atom. The second kappa shape index (κ2) is 4.18. The molecule has 0 fully saturated rings. The third-order valence-corrected chi connectivity index (χ3v) is 2.87. The van der Waals surface area contributed by atoms with Gasteiger partial charge in [0.05, 0.1) is 0 Å². The number of aldehydes is 1. The van der Waals surface area contributed by atoms with Crippen LogP contribution in [0.2, 0.25) is 0 Å². The van der Waals surface area contributed by atoms with Crippen molar-refractivity contribution in [3.05, 3.63) is 21.9 Å². The molecule has 0 atom stereocenters. The topological polar surface area (TPSA) is 35.5 Å². The van der Waals surface area contributed by atoms with Gasteiger partial charge in [-0.25, -0.2) is 4.39 Å². The average Bonchev–Trinajstić information content (AvgIpc) is 2.65. The second-order valence-electron chi connectivity index (χ2n) is 3.09. The van der Waals surface area contributed by atoms with Gasteiger partial charge in [0, 0.05) is 16.5 Å². The molecule has 0 aromatic heterocycles. The standard InChI is InChI=1S/C10H8BrFO3/c11-7-4-8-10(15-5-14-8)9(12)6(7)2-1-3-13/h3-4H,1-2,5H2. The summed E-state index contributed by atoms with van der Waals surface area (Å²) in [6, 6.07) is 1.66. The Morgan fingerprint density at radius 1 is 1.53 bits per heavy atom. The van der Waals surface area contributed by atoms with E-state index in [4.69, 9.17) is 9.47 Å². The maximum Gasteiger partial charge on any atom is 0.231 e. The van der Waals surface area contributed by atoms with Crippen LogP contribution in [-0.4, -0.2) is 13.1 Å². The smallest absolute Gasteiger partial charge is 0.231 e. The lowest BCUT2D eigenvalue weighted by molar-refractivity contribution is -0.107. The van der Waals surface area contributed by atoms with Gasteiger partial charge < -0.3 is 14.3 Å². The molecule has 0 saturated carbocycles. The fourth-order valence-corrected chi connectivity index (χ4v) is 2.02. The molecule has 2 rings (SSSR count). The molecule has 0 bridgehead atoms. The zero-order valence-electron chi connectivity index (χ0n) is 7.76. The van der Waals surface area contributed by atoms with Crippen molar-refractivity contribution in [2.24, 2.45) is 0 Å². The summed E-state index contributed by atoms with van der Waals surface area (Å²) >= 11 is 3.24. The lowest BCUT2D eigenvalue weighted by atomic mass is 10.1. The van der Waals surface area contributed by atoms with E-state index in [1.54, 1.807) is 6.07 Å². The minimum absolute atomic E-state index is 0.0375. The van der Waals surface area contributed by atoms with Gasteiger partial charge in [-0.3, -0.25) is 0 Å². The third-order valence-electron chi connectivity index (χ3n) is 2.16. The van der Waals surface area contributed by atoms with Gasteiger partial charge >= 0.3 is 0 Å². The predicted octanol–water partition coefficient (Wildman–Crippen LogP) is 2.45. The number of hydrogen-bond acceptors (Lipinski definition) is 3. The van der Waals surface area contributed by atoms with E-state index in [1.807, 2.05) is 0 Å². The maximum absolute atomic E-state index is 13.8. The summed E-state index contributed by atoms with van der Waals surface area (Å²) < 4.78 is 24.5. The number of halogens is 2. The minimum atomic E-state index is -0.446. The summed E-state index contributed by atoms with van der Waals surface area (Å²) in [5, 5.41) is 0. The Morgan fingerprint density at radius 2 is 2.33 bits per heavy atom. The molecule has 80 valence electrons. The molecular formula is C10H8BrFO3. The second-order valence-corrected chi connectivity index (χ2v) is 3.94. The normalized spacial score (nSPS) is 12.9. The zero-order valence-corrected chi connectivity index (χ0v) is 9.34. The van der Waals surface area contributed by atoms with Crippen LogP contribution in [-0.2, 0) is 11.2 Å². The van der Waals surface area contributed by atoms with Crippen molar-refractivity contribution in [2.45, 2.75) is 12.8 Å². The summed E-state index contributed by atoms with van der Waals surface area (Å²) in [7, 11) is 0. The van der Waals surface area contributed by atoms with Crippen LogP contribution in [0.25, 0.3) is 0 Å². The summed E-state index contributed by atoms with van der Waals surface area (Å²) in [6.45, 7) is 0.0375. The first-order valence-electron chi connectivity index (χ1n) is 4.44. The van der Waals surface area contributed by atoms with Gasteiger partial charge in [0.2, 0.25) is 12.5 Å². The van der Waals surface area contributed by atoms with Gasteiger partial charge in [0.1, 0.15) is 6.29 Å². The van der Waals surface area contributed by atoms with E-state index >= 15 is 0 Å². The van der Waals surface area contributed by atoms with Crippen LogP contribution < -0.4 is 9.47 Å². The highest BCUT2D eigenvalue weighted by Gasteiger charge is 2.23. The van der Waals surface area contributed by atoms with Gasteiger partial charge in [-0.15, -0.1) is 0 Å². The maximum atomic E-state index is 13.8. The fourth-order valence-electron chi connectivity index (χ4n) is 1.44. The number of carbonyl (C=O) groups excluding carboxylic acids is 1. The molecule has 1 aliphatic rings. The molecule has 0 unspecified atom stereocenters. The van der Waals surface area contributed by atoms with Crippen molar-refractivity contribution < 1.29 is 18.7 Å². The van der Waals surface area contributed by atoms with Gasteiger partial charge in [-0.05, 0) is 12.5 Å². The first-order chi connectivity index (χ1) is 7.24. The molecule has 0 aliphatic carbocycles. The Bertz CT molecular complexity index is 406. The van der Waals surface area contributed by atoms with Crippen molar-refractivity contribution in [1.29, 1.82) is 0 Å². The van der Waals surface area contributed by atoms with Gasteiger partial charge in [-0.2, -0.15) is 0 Å². The van der Waals surface area contributed by atoms with Crippen LogP contribution in [0, 0.1) is 5.82 Å². The highest BCUT2D eigenvalue weighted by molar-refractivity contribution is 9.10. The molecule has 0 saturated heterocycles. The molecule has 1 heterocycles. The fraction of sp³-hybridized carbons (Fsp3) is 0.300. The lowest BCUT2D eigenvalue weighted by Crippen LogP contribution is -1.96. The molecule has 1 aliphatic heterocycles. The SMILES string of the molecule is O=CCCc1c(Br)cc2c(c1F)OCO2. The van der Waals surface area contributed by atoms with E-state index in [-0.39, 0.29) is 19.0 Å². The van der Waals surface area contributed by atoms with Crippen LogP contribution >= 0.6 is 15.9 Å². The Labute approximate surface area is 94.3 Å². The van der Waals surface area contributed by atoms with Crippen molar-refractivity contribution in [1.82, 2.24) is 0 Å². The van der Waals surface area contributed by atoms with Gasteiger partial charge in [0.25, 0.3) is 0 Å². The highest BCUT2D eigenvalue weighted by Crippen LogP contribution is 2.40. The molecule has 0 N–H and O–H groups in total. The number of rotatable bonds is 3. The van der Waals surface area contributed by atoms with E-state index < -0.39 is 5.82 Å². The van der Waals surface area contributed by atoms with Crippen LogP contribution in [0.4, 0.5) is 4.39 Å². The molecule has 1 aromatic carbocycles.